The van der Waals surface area contributed by atoms with Crippen molar-refractivity contribution in [3.8, 4) is 0 Å². The number of thiophene rings is 1. The highest BCUT2D eigenvalue weighted by molar-refractivity contribution is 14.0. The van der Waals surface area contributed by atoms with Gasteiger partial charge in [-0.05, 0) is 60.7 Å². The average Bonchev–Trinajstić information content (AvgIpc) is 3.18. The first kappa shape index (κ1) is 22.1. The lowest BCUT2D eigenvalue weighted by molar-refractivity contribution is 0.0677. The number of guanidine groups is 1. The highest BCUT2D eigenvalue weighted by atomic mass is 127. The topological polar surface area (TPSA) is 56.7 Å². The van der Waals surface area contributed by atoms with Gasteiger partial charge in [-0.1, -0.05) is 18.2 Å². The van der Waals surface area contributed by atoms with Crippen molar-refractivity contribution >= 4 is 41.3 Å². The number of halogens is 2. The first-order chi connectivity index (χ1) is 12.5. The van der Waals surface area contributed by atoms with Gasteiger partial charge in [-0.3, -0.25) is 0 Å². The number of hydrogen-bond donors (Lipinski definition) is 3. The summed E-state index contributed by atoms with van der Waals surface area (Å²) in [6, 6.07) is 8.91. The van der Waals surface area contributed by atoms with Gasteiger partial charge in [0, 0.05) is 18.5 Å². The lowest BCUT2D eigenvalue weighted by atomic mass is 9.95. The number of nitrogens with zero attached hydrogens (tertiary/aromatic N) is 1. The third-order valence-corrected chi connectivity index (χ3v) is 5.61. The van der Waals surface area contributed by atoms with Gasteiger partial charge in [0.25, 0.3) is 0 Å². The molecule has 7 heteroatoms. The van der Waals surface area contributed by atoms with E-state index < -0.39 is 5.60 Å². The molecule has 1 heterocycles. The molecular weight excluding hydrogens is 476 g/mol. The van der Waals surface area contributed by atoms with Gasteiger partial charge in [-0.2, -0.15) is 11.3 Å². The molecule has 1 aromatic heterocycles. The van der Waals surface area contributed by atoms with E-state index in [1.165, 1.54) is 6.07 Å². The maximum atomic E-state index is 14.2. The maximum absolute atomic E-state index is 14.2. The molecule has 3 rings (SSSR count). The number of nitrogens with one attached hydrogen (secondary N) is 2. The van der Waals surface area contributed by atoms with Crippen LogP contribution in [-0.4, -0.2) is 30.7 Å². The van der Waals surface area contributed by atoms with Gasteiger partial charge in [0.15, 0.2) is 5.96 Å². The van der Waals surface area contributed by atoms with Crippen LogP contribution in [0.2, 0.25) is 0 Å². The standard InChI is InChI=1S/C20H26FN3OS.HI/c1-3-22-18(23-13-19(2,25)15-8-11-26-12-15)24-14-20(9-10-20)16-6-4-5-7-17(16)21;/h4-8,11-12,25H,3,9-10,13-14H2,1-2H3,(H2,22,23,24);1H. The van der Waals surface area contributed by atoms with Crippen molar-refractivity contribution in [2.45, 2.75) is 37.7 Å². The third-order valence-electron chi connectivity index (χ3n) is 4.93. The fraction of sp³-hybridized carbons (Fsp3) is 0.450. The van der Waals surface area contributed by atoms with Gasteiger partial charge in [0.2, 0.25) is 0 Å². The van der Waals surface area contributed by atoms with E-state index in [1.807, 2.05) is 35.9 Å². The molecule has 3 N–H and O–H groups in total. The van der Waals surface area contributed by atoms with Gasteiger partial charge in [0.1, 0.15) is 11.4 Å². The number of benzene rings is 1. The maximum Gasteiger partial charge on any atom is 0.191 e. The van der Waals surface area contributed by atoms with Crippen LogP contribution in [0, 0.1) is 5.82 Å². The highest BCUT2D eigenvalue weighted by Crippen LogP contribution is 2.48. The zero-order valence-corrected chi connectivity index (χ0v) is 18.8. The lowest BCUT2D eigenvalue weighted by Gasteiger charge is -2.22. The second-order valence-corrected chi connectivity index (χ2v) is 7.87. The van der Waals surface area contributed by atoms with Gasteiger partial charge in [-0.15, -0.1) is 24.0 Å². The SMILES string of the molecule is CCNC(=NCC(C)(O)c1ccsc1)NCC1(c2ccccc2F)CC1.I. The van der Waals surface area contributed by atoms with Crippen LogP contribution < -0.4 is 10.6 Å². The molecule has 1 saturated carbocycles. The second-order valence-electron chi connectivity index (χ2n) is 7.09. The van der Waals surface area contributed by atoms with Crippen LogP contribution in [0.5, 0.6) is 0 Å². The van der Waals surface area contributed by atoms with E-state index in [9.17, 15) is 9.50 Å². The van der Waals surface area contributed by atoms with Crippen LogP contribution >= 0.6 is 35.3 Å². The van der Waals surface area contributed by atoms with Crippen molar-refractivity contribution in [3.63, 3.8) is 0 Å². The fourth-order valence-corrected chi connectivity index (χ4v) is 3.86. The number of aliphatic hydroxyl groups is 1. The molecule has 0 saturated heterocycles. The van der Waals surface area contributed by atoms with Crippen molar-refractivity contribution in [1.82, 2.24) is 10.6 Å². The minimum absolute atomic E-state index is 0. The molecule has 1 atom stereocenters. The Morgan fingerprint density at radius 1 is 1.30 bits per heavy atom. The molecule has 148 valence electrons. The molecule has 4 nitrogen and oxygen atoms in total. The highest BCUT2D eigenvalue weighted by Gasteiger charge is 2.45. The Morgan fingerprint density at radius 2 is 2.04 bits per heavy atom. The van der Waals surface area contributed by atoms with Crippen molar-refractivity contribution in [3.05, 3.63) is 58.0 Å². The summed E-state index contributed by atoms with van der Waals surface area (Å²) >= 11 is 1.56. The van der Waals surface area contributed by atoms with E-state index in [0.29, 0.717) is 12.5 Å². The third kappa shape index (κ3) is 5.42. The Morgan fingerprint density at radius 3 is 2.63 bits per heavy atom. The molecule has 0 radical (unpaired) electrons. The summed E-state index contributed by atoms with van der Waals surface area (Å²) in [5.74, 6) is 0.500. The summed E-state index contributed by atoms with van der Waals surface area (Å²) in [4.78, 5) is 4.54. The Balaban J connectivity index is 0.00000261. The molecule has 1 aliphatic carbocycles. The predicted molar refractivity (Wildman–Crippen MR) is 121 cm³/mol. The molecule has 1 aliphatic rings. The van der Waals surface area contributed by atoms with Crippen LogP contribution in [0.25, 0.3) is 0 Å². The molecule has 1 unspecified atom stereocenters. The number of rotatable bonds is 7. The second kappa shape index (κ2) is 9.34. The quantitative estimate of drug-likeness (QED) is 0.304. The van der Waals surface area contributed by atoms with Crippen molar-refractivity contribution < 1.29 is 9.50 Å². The number of hydrogen-bond acceptors (Lipinski definition) is 3. The monoisotopic (exact) mass is 503 g/mol. The summed E-state index contributed by atoms with van der Waals surface area (Å²) in [5.41, 5.74) is 0.475. The van der Waals surface area contributed by atoms with E-state index in [0.717, 1.165) is 30.5 Å². The van der Waals surface area contributed by atoms with Gasteiger partial charge >= 0.3 is 0 Å². The first-order valence-corrected chi connectivity index (χ1v) is 9.93. The van der Waals surface area contributed by atoms with Gasteiger partial charge in [0.05, 0.1) is 6.54 Å². The first-order valence-electron chi connectivity index (χ1n) is 8.99. The van der Waals surface area contributed by atoms with Crippen molar-refractivity contribution in [1.29, 1.82) is 0 Å². The Hall–Kier alpha value is -1.19. The van der Waals surface area contributed by atoms with Crippen LogP contribution in [0.3, 0.4) is 0 Å². The predicted octanol–water partition coefficient (Wildman–Crippen LogP) is 4.00. The Labute approximate surface area is 181 Å². The molecule has 1 aromatic carbocycles. The molecule has 0 spiro atoms. The smallest absolute Gasteiger partial charge is 0.191 e. The zero-order valence-electron chi connectivity index (χ0n) is 15.7. The molecule has 27 heavy (non-hydrogen) atoms. The molecule has 0 aliphatic heterocycles. The Kier molecular flexibility index (Phi) is 7.64. The van der Waals surface area contributed by atoms with E-state index in [2.05, 4.69) is 15.6 Å². The number of aliphatic imine (C=N–C) groups is 1. The van der Waals surface area contributed by atoms with Crippen molar-refractivity contribution in [2.75, 3.05) is 19.6 Å². The van der Waals surface area contributed by atoms with E-state index in [4.69, 9.17) is 0 Å². The average molecular weight is 503 g/mol. The van der Waals surface area contributed by atoms with Crippen LogP contribution in [0.15, 0.2) is 46.1 Å². The van der Waals surface area contributed by atoms with Crippen LogP contribution in [0.4, 0.5) is 4.39 Å². The molecule has 0 bridgehead atoms. The minimum atomic E-state index is -1.01. The summed E-state index contributed by atoms with van der Waals surface area (Å²) < 4.78 is 14.2. The van der Waals surface area contributed by atoms with Gasteiger partial charge in [-0.25, -0.2) is 9.38 Å². The van der Waals surface area contributed by atoms with Gasteiger partial charge < -0.3 is 15.7 Å². The molecular formula is C20H27FIN3OS. The summed E-state index contributed by atoms with van der Waals surface area (Å²) in [6.07, 6.45) is 1.93. The summed E-state index contributed by atoms with van der Waals surface area (Å²) in [6.45, 7) is 5.37. The largest absolute Gasteiger partial charge is 0.383 e. The van der Waals surface area contributed by atoms with Crippen LogP contribution in [-0.2, 0) is 11.0 Å². The van der Waals surface area contributed by atoms with Crippen molar-refractivity contribution in [2.24, 2.45) is 4.99 Å². The normalized spacial score (nSPS) is 17.6. The Bertz CT molecular complexity index is 760. The summed E-state index contributed by atoms with van der Waals surface area (Å²) in [5, 5.41) is 21.1. The minimum Gasteiger partial charge on any atom is -0.383 e. The fourth-order valence-electron chi connectivity index (χ4n) is 3.07. The van der Waals surface area contributed by atoms with E-state index >= 15 is 0 Å². The summed E-state index contributed by atoms with van der Waals surface area (Å²) in [7, 11) is 0. The molecule has 0 amide bonds. The lowest BCUT2D eigenvalue weighted by Crippen LogP contribution is -2.42. The van der Waals surface area contributed by atoms with E-state index in [1.54, 1.807) is 24.3 Å². The van der Waals surface area contributed by atoms with E-state index in [-0.39, 0.29) is 41.8 Å². The zero-order chi connectivity index (χ0) is 18.6. The molecule has 2 aromatic rings. The van der Waals surface area contributed by atoms with Crippen LogP contribution in [0.1, 0.15) is 37.8 Å². The molecule has 1 fully saturated rings.